The predicted molar refractivity (Wildman–Crippen MR) is 89.3 cm³/mol. The van der Waals surface area contributed by atoms with Gasteiger partial charge in [-0.1, -0.05) is 0 Å². The molecule has 1 fully saturated rings. The molecular formula is C18H23N3O3. The van der Waals surface area contributed by atoms with Gasteiger partial charge in [0.25, 0.3) is 0 Å². The molecule has 2 aromatic rings. The first-order valence-electron chi connectivity index (χ1n) is 8.32. The van der Waals surface area contributed by atoms with E-state index in [1.54, 1.807) is 6.07 Å². The lowest BCUT2D eigenvalue weighted by atomic mass is 10.2. The van der Waals surface area contributed by atoms with Gasteiger partial charge in [-0.25, -0.2) is 9.78 Å². The Labute approximate surface area is 141 Å². The van der Waals surface area contributed by atoms with E-state index in [0.29, 0.717) is 12.3 Å². The molecule has 0 unspecified atom stereocenters. The van der Waals surface area contributed by atoms with Crippen molar-refractivity contribution in [2.24, 2.45) is 0 Å². The van der Waals surface area contributed by atoms with Crippen molar-refractivity contribution in [3.05, 3.63) is 41.0 Å². The lowest BCUT2D eigenvalue weighted by Gasteiger charge is -2.15. The van der Waals surface area contributed by atoms with Gasteiger partial charge in [-0.2, -0.15) is 5.10 Å². The first-order chi connectivity index (χ1) is 11.5. The number of nitrogens with zero attached hydrogens (tertiary/aromatic N) is 3. The summed E-state index contributed by atoms with van der Waals surface area (Å²) in [6.45, 7) is 4.45. The largest absolute Gasteiger partial charge is 0.490 e. The Hall–Kier alpha value is -2.37. The summed E-state index contributed by atoms with van der Waals surface area (Å²) in [5, 5.41) is 4.45. The number of rotatable bonds is 5. The third kappa shape index (κ3) is 3.75. The Bertz CT molecular complexity index is 733. The van der Waals surface area contributed by atoms with Crippen molar-refractivity contribution in [2.75, 3.05) is 7.11 Å². The molecule has 0 amide bonds. The molecule has 1 saturated carbocycles. The van der Waals surface area contributed by atoms with Gasteiger partial charge < -0.3 is 9.47 Å². The number of hydrogen-bond donors (Lipinski definition) is 0. The Balaban J connectivity index is 1.88. The highest BCUT2D eigenvalue weighted by atomic mass is 16.5. The molecule has 0 radical (unpaired) electrons. The lowest BCUT2D eigenvalue weighted by molar-refractivity contribution is 0.0592. The van der Waals surface area contributed by atoms with E-state index in [1.165, 1.54) is 20.0 Å². The molecule has 6 nitrogen and oxygen atoms in total. The van der Waals surface area contributed by atoms with E-state index < -0.39 is 5.97 Å². The number of aromatic nitrogens is 3. The maximum Gasteiger partial charge on any atom is 0.356 e. The van der Waals surface area contributed by atoms with Crippen molar-refractivity contribution >= 4 is 5.97 Å². The van der Waals surface area contributed by atoms with Crippen LogP contribution in [0.15, 0.2) is 18.2 Å². The fraction of sp³-hybridized carbons (Fsp3) is 0.500. The minimum atomic E-state index is -0.457. The zero-order valence-electron chi connectivity index (χ0n) is 14.4. The van der Waals surface area contributed by atoms with Crippen molar-refractivity contribution in [3.8, 4) is 5.75 Å². The standard InChI is InChI=1S/C18H23N3O3/c1-12-8-13(2)21(20-12)11-14-9-16(24-15-6-4-5-7-15)10-17(19-14)18(22)23-3/h8-10,15H,4-7,11H2,1-3H3. The molecule has 0 spiro atoms. The number of hydrogen-bond acceptors (Lipinski definition) is 5. The van der Waals surface area contributed by atoms with Gasteiger partial charge in [0, 0.05) is 17.8 Å². The second-order valence-corrected chi connectivity index (χ2v) is 6.28. The molecular weight excluding hydrogens is 306 g/mol. The van der Waals surface area contributed by atoms with E-state index in [2.05, 4.69) is 10.1 Å². The Kier molecular flexibility index (Phi) is 4.83. The van der Waals surface area contributed by atoms with E-state index >= 15 is 0 Å². The van der Waals surface area contributed by atoms with Crippen LogP contribution in [-0.4, -0.2) is 33.9 Å². The van der Waals surface area contributed by atoms with Crippen LogP contribution in [-0.2, 0) is 11.3 Å². The number of aryl methyl sites for hydroxylation is 2. The highest BCUT2D eigenvalue weighted by Gasteiger charge is 2.19. The smallest absolute Gasteiger partial charge is 0.356 e. The molecule has 3 rings (SSSR count). The summed E-state index contributed by atoms with van der Waals surface area (Å²) >= 11 is 0. The van der Waals surface area contributed by atoms with E-state index in [-0.39, 0.29) is 11.8 Å². The van der Waals surface area contributed by atoms with Gasteiger partial charge >= 0.3 is 5.97 Å². The molecule has 0 aliphatic heterocycles. The highest BCUT2D eigenvalue weighted by Crippen LogP contribution is 2.25. The Morgan fingerprint density at radius 3 is 2.62 bits per heavy atom. The van der Waals surface area contributed by atoms with E-state index in [9.17, 15) is 4.79 Å². The number of esters is 1. The van der Waals surface area contributed by atoms with Crippen LogP contribution in [0.25, 0.3) is 0 Å². The maximum absolute atomic E-state index is 11.9. The Morgan fingerprint density at radius 2 is 2.00 bits per heavy atom. The zero-order chi connectivity index (χ0) is 17.1. The first kappa shape index (κ1) is 16.5. The summed E-state index contributed by atoms with van der Waals surface area (Å²) < 4.78 is 12.7. The molecule has 24 heavy (non-hydrogen) atoms. The lowest BCUT2D eigenvalue weighted by Crippen LogP contribution is -2.14. The van der Waals surface area contributed by atoms with Crippen molar-refractivity contribution in [1.82, 2.24) is 14.8 Å². The van der Waals surface area contributed by atoms with Crippen molar-refractivity contribution in [1.29, 1.82) is 0 Å². The molecule has 0 atom stereocenters. The maximum atomic E-state index is 11.9. The summed E-state index contributed by atoms with van der Waals surface area (Å²) in [6, 6.07) is 5.57. The molecule has 128 valence electrons. The fourth-order valence-corrected chi connectivity index (χ4v) is 3.11. The van der Waals surface area contributed by atoms with Gasteiger partial charge in [-0.15, -0.1) is 0 Å². The number of carbonyl (C=O) groups excluding carboxylic acids is 1. The zero-order valence-corrected chi connectivity index (χ0v) is 14.4. The average molecular weight is 329 g/mol. The van der Waals surface area contributed by atoms with Gasteiger partial charge in [-0.3, -0.25) is 4.68 Å². The summed E-state index contributed by atoms with van der Waals surface area (Å²) in [7, 11) is 1.36. The van der Waals surface area contributed by atoms with Crippen LogP contribution >= 0.6 is 0 Å². The summed E-state index contributed by atoms with van der Waals surface area (Å²) in [5.74, 6) is 0.218. The predicted octanol–water partition coefficient (Wildman–Crippen LogP) is 3.05. The van der Waals surface area contributed by atoms with E-state index in [4.69, 9.17) is 9.47 Å². The van der Waals surface area contributed by atoms with Crippen LogP contribution in [0.5, 0.6) is 5.75 Å². The molecule has 0 bridgehead atoms. The van der Waals surface area contributed by atoms with Crippen LogP contribution in [0, 0.1) is 13.8 Å². The van der Waals surface area contributed by atoms with Gasteiger partial charge in [0.05, 0.1) is 31.1 Å². The monoisotopic (exact) mass is 329 g/mol. The summed E-state index contributed by atoms with van der Waals surface area (Å²) in [5.41, 5.74) is 3.01. The highest BCUT2D eigenvalue weighted by molar-refractivity contribution is 5.87. The van der Waals surface area contributed by atoms with Crippen LogP contribution in [0.1, 0.15) is 53.3 Å². The first-order valence-corrected chi connectivity index (χ1v) is 8.32. The SMILES string of the molecule is COC(=O)c1cc(OC2CCCC2)cc(Cn2nc(C)cc2C)n1. The van der Waals surface area contributed by atoms with Gasteiger partial charge in [0.1, 0.15) is 5.75 Å². The summed E-state index contributed by atoms with van der Waals surface area (Å²) in [6.07, 6.45) is 4.72. The van der Waals surface area contributed by atoms with Crippen molar-refractivity contribution in [2.45, 2.75) is 52.2 Å². The van der Waals surface area contributed by atoms with Gasteiger partial charge in [-0.05, 0) is 45.6 Å². The second kappa shape index (κ2) is 7.03. The van der Waals surface area contributed by atoms with E-state index in [0.717, 1.165) is 29.9 Å². The number of pyridine rings is 1. The molecule has 0 aromatic carbocycles. The topological polar surface area (TPSA) is 66.2 Å². The quantitative estimate of drug-likeness (QED) is 0.789. The van der Waals surface area contributed by atoms with Crippen LogP contribution in [0.2, 0.25) is 0 Å². The third-order valence-corrected chi connectivity index (χ3v) is 4.27. The van der Waals surface area contributed by atoms with Crippen LogP contribution in [0.4, 0.5) is 0 Å². The number of methoxy groups -OCH3 is 1. The van der Waals surface area contributed by atoms with Crippen LogP contribution < -0.4 is 4.74 Å². The summed E-state index contributed by atoms with van der Waals surface area (Å²) in [4.78, 5) is 16.3. The number of carbonyl (C=O) groups is 1. The normalized spacial score (nSPS) is 14.8. The molecule has 0 saturated heterocycles. The third-order valence-electron chi connectivity index (χ3n) is 4.27. The molecule has 1 aliphatic carbocycles. The van der Waals surface area contributed by atoms with Crippen molar-refractivity contribution < 1.29 is 14.3 Å². The van der Waals surface area contributed by atoms with E-state index in [1.807, 2.05) is 30.7 Å². The average Bonchev–Trinajstić information content (AvgIpc) is 3.16. The minimum Gasteiger partial charge on any atom is -0.490 e. The fourth-order valence-electron chi connectivity index (χ4n) is 3.11. The molecule has 0 N–H and O–H groups in total. The number of ether oxygens (including phenoxy) is 2. The minimum absolute atomic E-state index is 0.222. The second-order valence-electron chi connectivity index (χ2n) is 6.28. The molecule has 1 aliphatic rings. The molecule has 2 aromatic heterocycles. The van der Waals surface area contributed by atoms with Gasteiger partial charge in [0.2, 0.25) is 0 Å². The van der Waals surface area contributed by atoms with Gasteiger partial charge in [0.15, 0.2) is 5.69 Å². The molecule has 2 heterocycles. The Morgan fingerprint density at radius 1 is 1.25 bits per heavy atom. The van der Waals surface area contributed by atoms with Crippen molar-refractivity contribution in [3.63, 3.8) is 0 Å². The molecule has 6 heteroatoms. The van der Waals surface area contributed by atoms with Crippen LogP contribution in [0.3, 0.4) is 0 Å².